The van der Waals surface area contributed by atoms with Crippen LogP contribution in [0.2, 0.25) is 0 Å². The van der Waals surface area contributed by atoms with Crippen molar-refractivity contribution >= 4 is 0 Å². The molecule has 1 N–H and O–H groups in total. The zero-order valence-corrected chi connectivity index (χ0v) is 9.30. The second-order valence-corrected chi connectivity index (χ2v) is 4.90. The summed E-state index contributed by atoms with van der Waals surface area (Å²) in [5.41, 5.74) is 3.08. The lowest BCUT2D eigenvalue weighted by Crippen LogP contribution is -2.36. The van der Waals surface area contributed by atoms with Crippen LogP contribution in [0.15, 0.2) is 24.3 Å². The third-order valence-corrected chi connectivity index (χ3v) is 3.36. The van der Waals surface area contributed by atoms with E-state index in [0.717, 1.165) is 6.54 Å². The maximum Gasteiger partial charge on any atom is 0.0194 e. The van der Waals surface area contributed by atoms with E-state index in [4.69, 9.17) is 0 Å². The lowest BCUT2D eigenvalue weighted by molar-refractivity contribution is 0.411. The fourth-order valence-corrected chi connectivity index (χ4v) is 2.40. The monoisotopic (exact) mass is 189 g/mol. The Morgan fingerprint density at radius 1 is 1.21 bits per heavy atom. The number of benzene rings is 1. The van der Waals surface area contributed by atoms with E-state index >= 15 is 0 Å². The molecule has 1 nitrogen and oxygen atoms in total. The number of hydrogen-bond donors (Lipinski definition) is 1. The molecule has 0 bridgehead atoms. The van der Waals surface area contributed by atoms with Gasteiger partial charge in [0.15, 0.2) is 0 Å². The number of rotatable bonds is 1. The molecular weight excluding hydrogens is 170 g/mol. The van der Waals surface area contributed by atoms with Gasteiger partial charge in [-0.2, -0.15) is 0 Å². The van der Waals surface area contributed by atoms with Crippen LogP contribution in [0, 0.1) is 6.92 Å². The molecule has 1 heterocycles. The summed E-state index contributed by atoms with van der Waals surface area (Å²) in [6.45, 7) is 7.88. The molecule has 0 aromatic heterocycles. The minimum atomic E-state index is 0.259. The molecule has 1 atom stereocenters. The van der Waals surface area contributed by atoms with Crippen LogP contribution in [0.25, 0.3) is 0 Å². The van der Waals surface area contributed by atoms with Crippen molar-refractivity contribution in [3.8, 4) is 0 Å². The topological polar surface area (TPSA) is 12.0 Å². The van der Waals surface area contributed by atoms with E-state index in [1.807, 2.05) is 0 Å². The second-order valence-electron chi connectivity index (χ2n) is 4.90. The number of aryl methyl sites for hydroxylation is 1. The maximum absolute atomic E-state index is 3.56. The summed E-state index contributed by atoms with van der Waals surface area (Å²) < 4.78 is 0. The first-order valence-electron chi connectivity index (χ1n) is 5.41. The van der Waals surface area contributed by atoms with Gasteiger partial charge in [-0.15, -0.1) is 0 Å². The molecule has 0 amide bonds. The van der Waals surface area contributed by atoms with Gasteiger partial charge in [0.1, 0.15) is 0 Å². The predicted octanol–water partition coefficient (Wildman–Crippen LogP) is 2.85. The van der Waals surface area contributed by atoms with E-state index in [9.17, 15) is 0 Å². The van der Waals surface area contributed by atoms with Crippen molar-refractivity contribution in [1.82, 2.24) is 5.32 Å². The van der Waals surface area contributed by atoms with Crippen molar-refractivity contribution in [3.63, 3.8) is 0 Å². The van der Waals surface area contributed by atoms with Crippen LogP contribution in [0.4, 0.5) is 0 Å². The molecule has 1 heteroatoms. The molecule has 0 unspecified atom stereocenters. The minimum absolute atomic E-state index is 0.259. The maximum atomic E-state index is 3.56. The van der Waals surface area contributed by atoms with Crippen LogP contribution >= 0.6 is 0 Å². The Labute approximate surface area is 86.5 Å². The first-order chi connectivity index (χ1) is 6.59. The first-order valence-corrected chi connectivity index (χ1v) is 5.41. The fraction of sp³-hybridized carbons (Fsp3) is 0.538. The molecule has 0 radical (unpaired) electrons. The van der Waals surface area contributed by atoms with Gasteiger partial charge in [-0.25, -0.2) is 0 Å². The first kappa shape index (κ1) is 9.72. The predicted molar refractivity (Wildman–Crippen MR) is 60.6 cm³/mol. The summed E-state index contributed by atoms with van der Waals surface area (Å²) in [6.07, 6.45) is 1.26. The molecule has 0 saturated carbocycles. The van der Waals surface area contributed by atoms with Crippen LogP contribution in [0.3, 0.4) is 0 Å². The molecule has 1 aliphatic heterocycles. The van der Waals surface area contributed by atoms with Gasteiger partial charge in [0, 0.05) is 11.5 Å². The van der Waals surface area contributed by atoms with Crippen LogP contribution < -0.4 is 5.32 Å². The molecule has 1 aromatic rings. The van der Waals surface area contributed by atoms with Gasteiger partial charge in [-0.05, 0) is 39.3 Å². The summed E-state index contributed by atoms with van der Waals surface area (Å²) in [6, 6.07) is 8.97. The van der Waals surface area contributed by atoms with Crippen molar-refractivity contribution in [2.24, 2.45) is 0 Å². The summed E-state index contributed by atoms with van der Waals surface area (Å²) in [4.78, 5) is 0. The minimum Gasteiger partial charge on any atom is -0.311 e. The van der Waals surface area contributed by atoms with Gasteiger partial charge in [-0.1, -0.05) is 29.8 Å². The Hall–Kier alpha value is -0.820. The zero-order valence-electron chi connectivity index (χ0n) is 9.30. The molecule has 14 heavy (non-hydrogen) atoms. The summed E-state index contributed by atoms with van der Waals surface area (Å²) >= 11 is 0. The van der Waals surface area contributed by atoms with Crippen LogP contribution in [-0.4, -0.2) is 12.1 Å². The van der Waals surface area contributed by atoms with Crippen molar-refractivity contribution in [1.29, 1.82) is 0 Å². The summed E-state index contributed by atoms with van der Waals surface area (Å²) in [7, 11) is 0. The quantitative estimate of drug-likeness (QED) is 0.716. The van der Waals surface area contributed by atoms with Crippen LogP contribution in [0.5, 0.6) is 0 Å². The Kier molecular flexibility index (Phi) is 2.36. The molecule has 1 aromatic carbocycles. The van der Waals surface area contributed by atoms with Crippen molar-refractivity contribution in [2.75, 3.05) is 6.54 Å². The Bertz CT molecular complexity index is 311. The zero-order chi connectivity index (χ0) is 10.2. The highest BCUT2D eigenvalue weighted by Gasteiger charge is 2.34. The van der Waals surface area contributed by atoms with E-state index in [0.29, 0.717) is 5.92 Å². The average molecular weight is 189 g/mol. The number of hydrogen-bond acceptors (Lipinski definition) is 1. The lowest BCUT2D eigenvalue weighted by Gasteiger charge is -2.27. The van der Waals surface area contributed by atoms with E-state index in [1.54, 1.807) is 0 Å². The second kappa shape index (κ2) is 3.39. The molecule has 0 spiro atoms. The third kappa shape index (κ3) is 1.69. The average Bonchev–Trinajstić information content (AvgIpc) is 2.47. The summed E-state index contributed by atoms with van der Waals surface area (Å²) in [5, 5.41) is 3.56. The van der Waals surface area contributed by atoms with Crippen molar-refractivity contribution < 1.29 is 0 Å². The van der Waals surface area contributed by atoms with Gasteiger partial charge in [0.05, 0.1) is 0 Å². The molecule has 1 fully saturated rings. The Balaban J connectivity index is 2.27. The van der Waals surface area contributed by atoms with E-state index < -0.39 is 0 Å². The largest absolute Gasteiger partial charge is 0.311 e. The van der Waals surface area contributed by atoms with Gasteiger partial charge < -0.3 is 5.32 Å². The van der Waals surface area contributed by atoms with Crippen LogP contribution in [-0.2, 0) is 0 Å². The number of nitrogens with one attached hydrogen (secondary N) is 1. The molecule has 0 aliphatic carbocycles. The van der Waals surface area contributed by atoms with E-state index in [2.05, 4.69) is 50.4 Å². The lowest BCUT2D eigenvalue weighted by atomic mass is 9.83. The van der Waals surface area contributed by atoms with Crippen molar-refractivity contribution in [3.05, 3.63) is 35.4 Å². The summed E-state index contributed by atoms with van der Waals surface area (Å²) in [5.74, 6) is 0.670. The molecule has 76 valence electrons. The molecule has 2 rings (SSSR count). The van der Waals surface area contributed by atoms with Gasteiger partial charge in [-0.3, -0.25) is 0 Å². The normalized spacial score (nSPS) is 25.2. The molecule has 1 aliphatic rings. The Morgan fingerprint density at radius 2 is 1.86 bits per heavy atom. The van der Waals surface area contributed by atoms with E-state index in [-0.39, 0.29) is 5.54 Å². The molecule has 1 saturated heterocycles. The van der Waals surface area contributed by atoms with Crippen LogP contribution in [0.1, 0.15) is 37.3 Å². The third-order valence-electron chi connectivity index (χ3n) is 3.36. The van der Waals surface area contributed by atoms with E-state index in [1.165, 1.54) is 17.5 Å². The highest BCUT2D eigenvalue weighted by Crippen LogP contribution is 2.35. The fourth-order valence-electron chi connectivity index (χ4n) is 2.40. The van der Waals surface area contributed by atoms with Gasteiger partial charge in [0.2, 0.25) is 0 Å². The molecular formula is C13H19N. The van der Waals surface area contributed by atoms with Crippen molar-refractivity contribution in [2.45, 2.75) is 38.6 Å². The SMILES string of the molecule is Cc1ccc([C@H]2CCNC2(C)C)cc1. The highest BCUT2D eigenvalue weighted by atomic mass is 15.0. The smallest absolute Gasteiger partial charge is 0.0194 e. The van der Waals surface area contributed by atoms with Gasteiger partial charge >= 0.3 is 0 Å². The Morgan fingerprint density at radius 3 is 2.36 bits per heavy atom. The highest BCUT2D eigenvalue weighted by molar-refractivity contribution is 5.28. The van der Waals surface area contributed by atoms with Gasteiger partial charge in [0.25, 0.3) is 0 Å². The standard InChI is InChI=1S/C13H19N/c1-10-4-6-11(7-5-10)12-8-9-14-13(12,2)3/h4-7,12,14H,8-9H2,1-3H3/t12-/m1/s1.